The Hall–Kier alpha value is -4.08. The van der Waals surface area contributed by atoms with Crippen LogP contribution in [0.3, 0.4) is 0 Å². The fraction of sp³-hybridized carbons (Fsp3) is 0.448. The number of hydrogen-bond acceptors (Lipinski definition) is 10. The highest BCUT2D eigenvalue weighted by Gasteiger charge is 2.43. The molecule has 39 heavy (non-hydrogen) atoms. The van der Waals surface area contributed by atoms with Crippen LogP contribution in [0.1, 0.15) is 92.8 Å². The third-order valence-corrected chi connectivity index (χ3v) is 7.05. The lowest BCUT2D eigenvalue weighted by Gasteiger charge is -2.39. The molecule has 2 atom stereocenters. The van der Waals surface area contributed by atoms with E-state index in [2.05, 4.69) is 0 Å². The normalized spacial score (nSPS) is 16.3. The molecule has 0 aliphatic carbocycles. The maximum Gasteiger partial charge on any atom is 0.170 e. The number of ketones is 1. The predicted octanol–water partition coefficient (Wildman–Crippen LogP) is 4.74. The summed E-state index contributed by atoms with van der Waals surface area (Å²) in [5.74, 6) is -2.24. The van der Waals surface area contributed by atoms with Crippen LogP contribution in [0.5, 0.6) is 34.5 Å². The maximum absolute atomic E-state index is 13.3. The minimum Gasteiger partial charge on any atom is -0.507 e. The Balaban J connectivity index is 2.45. The standard InChI is InChI=1S/C29H34O10/c1-13(2)8-20(33)21-24(35)17(10-30)23(34)16-9-15(14(3)4)28(39-29(16)21)22-26(37-6)18(11-31)25(36-5)19(12-32)27(22)38-7/h10-15,28,34-35H,8-9H2,1-7H3/t15-,28+/m0/s1. The topological polar surface area (TPSA) is 146 Å². The number of aromatic hydroxyl groups is 2. The van der Waals surface area contributed by atoms with Gasteiger partial charge in [0.15, 0.2) is 24.6 Å². The molecule has 10 heteroatoms. The van der Waals surface area contributed by atoms with Crippen molar-refractivity contribution in [3.8, 4) is 34.5 Å². The molecular weight excluding hydrogens is 508 g/mol. The van der Waals surface area contributed by atoms with Gasteiger partial charge >= 0.3 is 0 Å². The molecule has 0 amide bonds. The molecule has 0 radical (unpaired) electrons. The van der Waals surface area contributed by atoms with Crippen LogP contribution < -0.4 is 18.9 Å². The van der Waals surface area contributed by atoms with Crippen LogP contribution in [0.4, 0.5) is 0 Å². The van der Waals surface area contributed by atoms with Crippen LogP contribution in [0, 0.1) is 17.8 Å². The van der Waals surface area contributed by atoms with Gasteiger partial charge in [0, 0.05) is 17.9 Å². The summed E-state index contributed by atoms with van der Waals surface area (Å²) in [5.41, 5.74) is -0.245. The molecule has 0 saturated carbocycles. The van der Waals surface area contributed by atoms with Crippen molar-refractivity contribution in [3.63, 3.8) is 0 Å². The quantitative estimate of drug-likeness (QED) is 0.302. The summed E-state index contributed by atoms with van der Waals surface area (Å²) in [5, 5.41) is 21.9. The Morgan fingerprint density at radius 1 is 0.872 bits per heavy atom. The van der Waals surface area contributed by atoms with Gasteiger partial charge in [0.05, 0.1) is 43.6 Å². The van der Waals surface area contributed by atoms with Gasteiger partial charge in [0.2, 0.25) is 0 Å². The first-order chi connectivity index (χ1) is 18.5. The van der Waals surface area contributed by atoms with Crippen molar-refractivity contribution < 1.29 is 48.3 Å². The maximum atomic E-state index is 13.3. The van der Waals surface area contributed by atoms with Gasteiger partial charge in [-0.3, -0.25) is 19.2 Å². The second-order valence-corrected chi connectivity index (χ2v) is 10.2. The summed E-state index contributed by atoms with van der Waals surface area (Å²) in [4.78, 5) is 49.5. The molecule has 2 N–H and O–H groups in total. The minimum atomic E-state index is -0.961. The number of fused-ring (bicyclic) bond motifs is 1. The molecule has 0 unspecified atom stereocenters. The average molecular weight is 543 g/mol. The largest absolute Gasteiger partial charge is 0.507 e. The van der Waals surface area contributed by atoms with E-state index in [9.17, 15) is 29.4 Å². The Kier molecular flexibility index (Phi) is 8.88. The van der Waals surface area contributed by atoms with Crippen molar-refractivity contribution in [2.24, 2.45) is 17.8 Å². The van der Waals surface area contributed by atoms with Crippen LogP contribution >= 0.6 is 0 Å². The molecule has 2 aromatic rings. The number of carbonyl (C=O) groups is 4. The van der Waals surface area contributed by atoms with E-state index in [-0.39, 0.29) is 75.5 Å². The fourth-order valence-electron chi connectivity index (χ4n) is 5.23. The van der Waals surface area contributed by atoms with E-state index in [0.717, 1.165) is 0 Å². The number of carbonyl (C=O) groups excluding carboxylic acids is 4. The van der Waals surface area contributed by atoms with Gasteiger partial charge in [-0.05, 0) is 18.3 Å². The first kappa shape index (κ1) is 29.5. The van der Waals surface area contributed by atoms with Crippen molar-refractivity contribution in [3.05, 3.63) is 33.4 Å². The smallest absolute Gasteiger partial charge is 0.170 e. The van der Waals surface area contributed by atoms with Gasteiger partial charge in [0.25, 0.3) is 0 Å². The van der Waals surface area contributed by atoms with Crippen LogP contribution in [0.15, 0.2) is 0 Å². The summed E-state index contributed by atoms with van der Waals surface area (Å²) in [6.45, 7) is 7.49. The Labute approximate surface area is 226 Å². The zero-order chi connectivity index (χ0) is 29.2. The summed E-state index contributed by atoms with van der Waals surface area (Å²) < 4.78 is 23.1. The fourth-order valence-corrected chi connectivity index (χ4v) is 5.23. The van der Waals surface area contributed by atoms with E-state index in [4.69, 9.17) is 18.9 Å². The SMILES string of the molecule is COc1c(C=O)c(OC)c([C@@H]2Oc3c(c(O)c(C=O)c(O)c3C(=O)CC(C)C)C[C@H]2C(C)C)c(OC)c1C=O. The van der Waals surface area contributed by atoms with Gasteiger partial charge in [0.1, 0.15) is 46.2 Å². The van der Waals surface area contributed by atoms with Gasteiger partial charge in [-0.25, -0.2) is 0 Å². The Bertz CT molecular complexity index is 1270. The molecule has 0 saturated heterocycles. The number of methoxy groups -OCH3 is 3. The molecule has 2 aromatic carbocycles. The van der Waals surface area contributed by atoms with Gasteiger partial charge < -0.3 is 29.2 Å². The molecule has 0 spiro atoms. The highest BCUT2D eigenvalue weighted by atomic mass is 16.5. The van der Waals surface area contributed by atoms with E-state index in [1.54, 1.807) is 0 Å². The lowest BCUT2D eigenvalue weighted by molar-refractivity contribution is 0.0749. The van der Waals surface area contributed by atoms with Crippen LogP contribution in [0.2, 0.25) is 0 Å². The first-order valence-corrected chi connectivity index (χ1v) is 12.5. The van der Waals surface area contributed by atoms with Crippen molar-refractivity contribution in [2.45, 2.75) is 46.6 Å². The van der Waals surface area contributed by atoms with E-state index >= 15 is 0 Å². The Morgan fingerprint density at radius 3 is 1.79 bits per heavy atom. The average Bonchev–Trinajstić information content (AvgIpc) is 2.90. The Morgan fingerprint density at radius 2 is 1.38 bits per heavy atom. The van der Waals surface area contributed by atoms with E-state index in [1.807, 2.05) is 27.7 Å². The third-order valence-electron chi connectivity index (χ3n) is 7.05. The molecule has 3 rings (SSSR count). The molecule has 10 nitrogen and oxygen atoms in total. The van der Waals surface area contributed by atoms with Crippen molar-refractivity contribution in [2.75, 3.05) is 21.3 Å². The summed E-state index contributed by atoms with van der Waals surface area (Å²) in [6, 6.07) is 0. The molecule has 0 aromatic heterocycles. The molecular formula is C29H34O10. The summed E-state index contributed by atoms with van der Waals surface area (Å²) >= 11 is 0. The molecule has 1 aliphatic rings. The summed E-state index contributed by atoms with van der Waals surface area (Å²) in [6.07, 6.45) is 0.524. The number of phenolic OH excluding ortho intramolecular Hbond substituents is 2. The van der Waals surface area contributed by atoms with Gasteiger partial charge in [-0.15, -0.1) is 0 Å². The van der Waals surface area contributed by atoms with Gasteiger partial charge in [-0.2, -0.15) is 0 Å². The highest BCUT2D eigenvalue weighted by molar-refractivity contribution is 6.05. The predicted molar refractivity (Wildman–Crippen MR) is 141 cm³/mol. The molecule has 1 aliphatic heterocycles. The zero-order valence-electron chi connectivity index (χ0n) is 23.1. The number of rotatable bonds is 11. The zero-order valence-corrected chi connectivity index (χ0v) is 23.1. The number of phenols is 2. The lowest BCUT2D eigenvalue weighted by Crippen LogP contribution is -2.32. The van der Waals surface area contributed by atoms with Crippen LogP contribution in [-0.2, 0) is 6.42 Å². The van der Waals surface area contributed by atoms with E-state index < -0.39 is 34.9 Å². The number of Topliss-reactive ketones (excluding diaryl/α,β-unsaturated/α-hetero) is 1. The van der Waals surface area contributed by atoms with Crippen molar-refractivity contribution in [1.82, 2.24) is 0 Å². The van der Waals surface area contributed by atoms with Crippen LogP contribution in [-0.4, -0.2) is 56.2 Å². The molecule has 210 valence electrons. The second-order valence-electron chi connectivity index (χ2n) is 10.2. The third kappa shape index (κ3) is 4.91. The van der Waals surface area contributed by atoms with Crippen molar-refractivity contribution >= 4 is 24.6 Å². The minimum absolute atomic E-state index is 0.0338. The van der Waals surface area contributed by atoms with E-state index in [1.165, 1.54) is 21.3 Å². The number of benzene rings is 2. The van der Waals surface area contributed by atoms with E-state index in [0.29, 0.717) is 18.9 Å². The highest BCUT2D eigenvalue weighted by Crippen LogP contribution is 2.55. The lowest BCUT2D eigenvalue weighted by atomic mass is 9.77. The number of aldehydes is 3. The molecule has 0 fully saturated rings. The monoisotopic (exact) mass is 542 g/mol. The van der Waals surface area contributed by atoms with Crippen LogP contribution in [0.25, 0.3) is 0 Å². The second kappa shape index (κ2) is 11.8. The number of ether oxygens (including phenoxy) is 4. The molecule has 0 bridgehead atoms. The number of hydrogen-bond donors (Lipinski definition) is 2. The first-order valence-electron chi connectivity index (χ1n) is 12.5. The van der Waals surface area contributed by atoms with Crippen molar-refractivity contribution in [1.29, 1.82) is 0 Å². The molecule has 1 heterocycles. The van der Waals surface area contributed by atoms with Gasteiger partial charge in [-0.1, -0.05) is 27.7 Å². The summed E-state index contributed by atoms with van der Waals surface area (Å²) in [7, 11) is 4.00.